The maximum atomic E-state index is 14.0. The Hall–Kier alpha value is -5.08. The molecule has 4 rings (SSSR count). The van der Waals surface area contributed by atoms with Crippen LogP contribution in [0, 0.1) is 21.7 Å². The molecule has 0 bridgehead atoms. The summed E-state index contributed by atoms with van der Waals surface area (Å²) >= 11 is 0. The molecule has 0 atom stereocenters. The van der Waals surface area contributed by atoms with E-state index in [-0.39, 0.29) is 42.6 Å². The number of rotatable bonds is 9. The van der Waals surface area contributed by atoms with E-state index in [9.17, 15) is 33.3 Å². The molecule has 1 aliphatic heterocycles. The van der Waals surface area contributed by atoms with E-state index >= 15 is 0 Å². The molecule has 2 amide bonds. The van der Waals surface area contributed by atoms with Crippen molar-refractivity contribution < 1.29 is 37.6 Å². The highest BCUT2D eigenvalue weighted by atomic mass is 19.1. The van der Waals surface area contributed by atoms with Crippen LogP contribution in [-0.2, 0) is 9.53 Å². The fourth-order valence-corrected chi connectivity index (χ4v) is 4.12. The van der Waals surface area contributed by atoms with Gasteiger partial charge in [0.2, 0.25) is 11.5 Å². The van der Waals surface area contributed by atoms with E-state index in [0.717, 1.165) is 16.8 Å². The quantitative estimate of drug-likeness (QED) is 0.229. The van der Waals surface area contributed by atoms with Crippen LogP contribution in [0.4, 0.5) is 25.1 Å². The predicted octanol–water partition coefficient (Wildman–Crippen LogP) is 3.57. The molecule has 1 saturated heterocycles. The lowest BCUT2D eigenvalue weighted by atomic mass is 10.1. The van der Waals surface area contributed by atoms with Gasteiger partial charge in [0.1, 0.15) is 23.5 Å². The summed E-state index contributed by atoms with van der Waals surface area (Å²) in [6.07, 6.45) is -0.0655. The number of carbonyl (C=O) groups is 3. The highest BCUT2D eigenvalue weighted by molar-refractivity contribution is 5.98. The maximum Gasteiger partial charge on any atom is 0.410 e. The Morgan fingerprint density at radius 1 is 1.20 bits per heavy atom. The second-order valence-electron chi connectivity index (χ2n) is 10.1. The Balaban J connectivity index is 1.66. The number of halogens is 2. The summed E-state index contributed by atoms with van der Waals surface area (Å²) in [6, 6.07) is 7.79. The fourth-order valence-electron chi connectivity index (χ4n) is 4.12. The molecule has 2 heterocycles. The van der Waals surface area contributed by atoms with Gasteiger partial charge in [0.25, 0.3) is 5.91 Å². The molecule has 13 nitrogen and oxygen atoms in total. The van der Waals surface area contributed by atoms with Gasteiger partial charge in [-0.3, -0.25) is 14.9 Å². The van der Waals surface area contributed by atoms with E-state index < -0.39 is 51.6 Å². The predicted molar refractivity (Wildman–Crippen MR) is 140 cm³/mol. The molecule has 216 valence electrons. The van der Waals surface area contributed by atoms with Crippen molar-refractivity contribution in [3.05, 3.63) is 69.9 Å². The number of nitrogens with two attached hydrogens (primary N) is 1. The van der Waals surface area contributed by atoms with Crippen LogP contribution in [0.15, 0.2) is 42.5 Å². The fraction of sp³-hybridized carbons (Fsp3) is 0.308. The molecule has 1 aromatic heterocycles. The molecule has 1 fully saturated rings. The highest BCUT2D eigenvalue weighted by Crippen LogP contribution is 2.36. The standard InChI is InChI=1S/C26H26F2N6O7/c1-26(2,3)41-25(37)31-13-17(14-31)32(10-11-35)24-22(34(38)39)21(23(29)36)33(30-24)16-5-7-18(8-6-16)40-20-9-4-15(27)12-19(20)28/h4-9,11-12,17H,10,13-14H2,1-3H3,(H2,29,36). The molecule has 0 spiro atoms. The van der Waals surface area contributed by atoms with Gasteiger partial charge in [-0.2, -0.15) is 0 Å². The summed E-state index contributed by atoms with van der Waals surface area (Å²) < 4.78 is 38.9. The molecule has 0 unspecified atom stereocenters. The molecule has 0 aliphatic carbocycles. The van der Waals surface area contributed by atoms with Crippen LogP contribution in [0.5, 0.6) is 11.5 Å². The zero-order chi connectivity index (χ0) is 30.1. The van der Waals surface area contributed by atoms with Gasteiger partial charge in [-0.05, 0) is 57.2 Å². The van der Waals surface area contributed by atoms with Gasteiger partial charge >= 0.3 is 11.8 Å². The van der Waals surface area contributed by atoms with Crippen LogP contribution < -0.4 is 15.4 Å². The number of hydrogen-bond acceptors (Lipinski definition) is 9. The summed E-state index contributed by atoms with van der Waals surface area (Å²) in [5, 5.41) is 16.4. The Bertz CT molecular complexity index is 1500. The first-order valence-electron chi connectivity index (χ1n) is 12.3. The van der Waals surface area contributed by atoms with Gasteiger partial charge in [0.15, 0.2) is 11.6 Å². The topological polar surface area (TPSA) is 163 Å². The lowest BCUT2D eigenvalue weighted by Crippen LogP contribution is -2.62. The van der Waals surface area contributed by atoms with E-state index in [1.54, 1.807) is 20.8 Å². The van der Waals surface area contributed by atoms with E-state index in [1.165, 1.54) is 34.1 Å². The third kappa shape index (κ3) is 6.23. The number of benzene rings is 2. The van der Waals surface area contributed by atoms with E-state index in [1.807, 2.05) is 0 Å². The minimum Gasteiger partial charge on any atom is -0.454 e. The number of likely N-dealkylation sites (tertiary alicyclic amines) is 1. The normalized spacial score (nSPS) is 13.3. The SMILES string of the molecule is CC(C)(C)OC(=O)N1CC(N(CC=O)c2nn(-c3ccc(Oc4ccc(F)cc4F)cc3)c(C(N)=O)c2[N+](=O)[O-])C1. The van der Waals surface area contributed by atoms with Gasteiger partial charge in [-0.1, -0.05) is 0 Å². The number of carbonyl (C=O) groups excluding carboxylic acids is 3. The van der Waals surface area contributed by atoms with Crippen molar-refractivity contribution in [1.29, 1.82) is 0 Å². The van der Waals surface area contributed by atoms with Crippen molar-refractivity contribution in [2.24, 2.45) is 5.73 Å². The number of anilines is 1. The first-order chi connectivity index (χ1) is 19.3. The van der Waals surface area contributed by atoms with Crippen molar-refractivity contribution in [1.82, 2.24) is 14.7 Å². The molecule has 2 N–H and O–H groups in total. The van der Waals surface area contributed by atoms with Gasteiger partial charge in [0.05, 0.1) is 23.2 Å². The van der Waals surface area contributed by atoms with Gasteiger partial charge in [-0.15, -0.1) is 5.10 Å². The van der Waals surface area contributed by atoms with Crippen LogP contribution in [-0.4, -0.2) is 69.2 Å². The number of amides is 2. The molecule has 0 saturated carbocycles. The van der Waals surface area contributed by atoms with Gasteiger partial charge < -0.3 is 29.8 Å². The molecular weight excluding hydrogens is 546 g/mol. The Morgan fingerprint density at radius 3 is 2.39 bits per heavy atom. The van der Waals surface area contributed by atoms with Crippen molar-refractivity contribution in [2.75, 3.05) is 24.5 Å². The first-order valence-corrected chi connectivity index (χ1v) is 12.3. The van der Waals surface area contributed by atoms with Crippen LogP contribution in [0.1, 0.15) is 31.3 Å². The molecule has 0 radical (unpaired) electrons. The Morgan fingerprint density at radius 2 is 1.85 bits per heavy atom. The average Bonchev–Trinajstić information content (AvgIpc) is 3.25. The highest BCUT2D eigenvalue weighted by Gasteiger charge is 2.42. The number of aldehydes is 1. The largest absolute Gasteiger partial charge is 0.454 e. The number of ether oxygens (including phenoxy) is 2. The third-order valence-electron chi connectivity index (χ3n) is 5.96. The average molecular weight is 573 g/mol. The monoisotopic (exact) mass is 572 g/mol. The van der Waals surface area contributed by atoms with Crippen LogP contribution in [0.2, 0.25) is 0 Å². The van der Waals surface area contributed by atoms with E-state index in [0.29, 0.717) is 12.4 Å². The molecule has 15 heteroatoms. The zero-order valence-corrected chi connectivity index (χ0v) is 22.2. The summed E-state index contributed by atoms with van der Waals surface area (Å²) in [5.41, 5.74) is 3.68. The maximum absolute atomic E-state index is 14.0. The molecular formula is C26H26F2N6O7. The number of primary amides is 1. The number of hydrogen-bond donors (Lipinski definition) is 1. The van der Waals surface area contributed by atoms with E-state index in [2.05, 4.69) is 5.10 Å². The van der Waals surface area contributed by atoms with Crippen molar-refractivity contribution >= 4 is 29.8 Å². The minimum atomic E-state index is -1.15. The molecule has 2 aromatic carbocycles. The summed E-state index contributed by atoms with van der Waals surface area (Å²) in [5.74, 6) is -3.24. The Kier molecular flexibility index (Phi) is 7.89. The summed E-state index contributed by atoms with van der Waals surface area (Å²) in [7, 11) is 0. The second kappa shape index (κ2) is 11.2. The zero-order valence-electron chi connectivity index (χ0n) is 22.2. The molecule has 3 aromatic rings. The second-order valence-corrected chi connectivity index (χ2v) is 10.1. The summed E-state index contributed by atoms with van der Waals surface area (Å²) in [6.45, 7) is 4.99. The van der Waals surface area contributed by atoms with Crippen molar-refractivity contribution in [2.45, 2.75) is 32.4 Å². The lowest BCUT2D eigenvalue weighted by molar-refractivity contribution is -0.384. The van der Waals surface area contributed by atoms with Gasteiger partial charge in [-0.25, -0.2) is 18.3 Å². The third-order valence-corrected chi connectivity index (χ3v) is 5.96. The smallest absolute Gasteiger partial charge is 0.410 e. The first kappa shape index (κ1) is 28.9. The lowest BCUT2D eigenvalue weighted by Gasteiger charge is -2.44. The number of nitrogens with zero attached hydrogens (tertiary/aromatic N) is 5. The van der Waals surface area contributed by atoms with Crippen LogP contribution >= 0.6 is 0 Å². The van der Waals surface area contributed by atoms with Crippen molar-refractivity contribution in [3.63, 3.8) is 0 Å². The minimum absolute atomic E-state index is 0.0879. The van der Waals surface area contributed by atoms with E-state index in [4.69, 9.17) is 15.2 Å². The number of aromatic nitrogens is 2. The van der Waals surface area contributed by atoms with Crippen LogP contribution in [0.3, 0.4) is 0 Å². The number of nitro groups is 1. The van der Waals surface area contributed by atoms with Crippen molar-refractivity contribution in [3.8, 4) is 17.2 Å². The van der Waals surface area contributed by atoms with Crippen LogP contribution in [0.25, 0.3) is 5.69 Å². The molecule has 41 heavy (non-hydrogen) atoms. The summed E-state index contributed by atoms with van der Waals surface area (Å²) in [4.78, 5) is 50.3. The molecule has 1 aliphatic rings. The van der Waals surface area contributed by atoms with Gasteiger partial charge in [0, 0.05) is 19.2 Å². The Labute approximate surface area is 232 Å².